The van der Waals surface area contributed by atoms with Crippen molar-refractivity contribution in [1.82, 2.24) is 10.3 Å². The van der Waals surface area contributed by atoms with E-state index in [1.54, 1.807) is 33.0 Å². The minimum atomic E-state index is -0.988. The topological polar surface area (TPSA) is 135 Å². The summed E-state index contributed by atoms with van der Waals surface area (Å²) in [4.78, 5) is 15.5. The molecule has 0 aliphatic carbocycles. The van der Waals surface area contributed by atoms with E-state index in [0.717, 1.165) is 0 Å². The Kier molecular flexibility index (Phi) is 7.73. The molecule has 8 nitrogen and oxygen atoms in total. The van der Waals surface area contributed by atoms with Crippen molar-refractivity contribution in [3.05, 3.63) is 45.8 Å². The van der Waals surface area contributed by atoms with Gasteiger partial charge in [-0.2, -0.15) is 0 Å². The van der Waals surface area contributed by atoms with Crippen molar-refractivity contribution in [2.45, 2.75) is 46.3 Å². The molecule has 1 heterocycles. The molecule has 0 amide bonds. The number of ether oxygens (including phenoxy) is 1. The van der Waals surface area contributed by atoms with Gasteiger partial charge in [-0.3, -0.25) is 0 Å². The van der Waals surface area contributed by atoms with E-state index in [2.05, 4.69) is 10.3 Å². The highest BCUT2D eigenvalue weighted by atomic mass is 16.5. The third-order valence-corrected chi connectivity index (χ3v) is 4.65. The minimum absolute atomic E-state index is 0.151. The Balaban J connectivity index is 2.85. The number of hydrogen-bond acceptors (Lipinski definition) is 7. The van der Waals surface area contributed by atoms with Gasteiger partial charge in [0.15, 0.2) is 0 Å². The first-order valence-corrected chi connectivity index (χ1v) is 9.16. The fourth-order valence-electron chi connectivity index (χ4n) is 3.47. The van der Waals surface area contributed by atoms with Crippen molar-refractivity contribution < 1.29 is 30.0 Å². The molecule has 0 saturated heterocycles. The van der Waals surface area contributed by atoms with Gasteiger partial charge in [0.05, 0.1) is 32.5 Å². The Morgan fingerprint density at radius 2 is 1.86 bits per heavy atom. The number of aromatic amines is 1. The summed E-state index contributed by atoms with van der Waals surface area (Å²) in [5.74, 6) is -0.582. The molecule has 2 rings (SSSR count). The molecule has 6 N–H and O–H groups in total. The van der Waals surface area contributed by atoms with Crippen molar-refractivity contribution in [1.29, 1.82) is 0 Å². The average molecular weight is 392 g/mol. The summed E-state index contributed by atoms with van der Waals surface area (Å²) in [6.45, 7) is 2.79. The molecule has 1 aromatic heterocycles. The first-order chi connectivity index (χ1) is 13.4. The van der Waals surface area contributed by atoms with E-state index in [1.807, 2.05) is 0 Å². The van der Waals surface area contributed by atoms with Crippen LogP contribution >= 0.6 is 0 Å². The number of esters is 1. The van der Waals surface area contributed by atoms with Gasteiger partial charge in [0.1, 0.15) is 5.69 Å². The van der Waals surface area contributed by atoms with Crippen molar-refractivity contribution in [2.75, 3.05) is 13.7 Å². The normalized spacial score (nSPS) is 12.2. The third kappa shape index (κ3) is 4.11. The van der Waals surface area contributed by atoms with Crippen LogP contribution in [0.15, 0.2) is 12.1 Å². The van der Waals surface area contributed by atoms with Gasteiger partial charge in [0.25, 0.3) is 0 Å². The van der Waals surface area contributed by atoms with Crippen molar-refractivity contribution in [3.8, 4) is 11.1 Å². The first-order valence-electron chi connectivity index (χ1n) is 9.16. The highest BCUT2D eigenvalue weighted by molar-refractivity contribution is 5.93. The molecule has 0 aliphatic rings. The number of H-pyrrole nitrogens is 1. The largest absolute Gasteiger partial charge is 0.461 e. The Bertz CT molecular complexity index is 829. The maximum absolute atomic E-state index is 12.4. The molecule has 1 unspecified atom stereocenters. The van der Waals surface area contributed by atoms with Gasteiger partial charge in [0, 0.05) is 23.4 Å². The molecular weight excluding hydrogens is 364 g/mol. The average Bonchev–Trinajstić information content (AvgIpc) is 3.06. The fraction of sp³-hybridized carbons (Fsp3) is 0.450. The molecule has 28 heavy (non-hydrogen) atoms. The zero-order valence-corrected chi connectivity index (χ0v) is 16.4. The van der Waals surface area contributed by atoms with Gasteiger partial charge in [-0.05, 0) is 43.1 Å². The molecule has 0 aliphatic heterocycles. The van der Waals surface area contributed by atoms with E-state index in [4.69, 9.17) is 4.74 Å². The lowest BCUT2D eigenvalue weighted by atomic mass is 9.89. The van der Waals surface area contributed by atoms with Crippen molar-refractivity contribution >= 4 is 5.97 Å². The summed E-state index contributed by atoms with van der Waals surface area (Å²) >= 11 is 0. The fourth-order valence-corrected chi connectivity index (χ4v) is 3.47. The Hall–Kier alpha value is -2.23. The summed E-state index contributed by atoms with van der Waals surface area (Å²) in [5.41, 5.74) is 3.64. The third-order valence-electron chi connectivity index (χ3n) is 4.65. The van der Waals surface area contributed by atoms with E-state index in [0.29, 0.717) is 45.6 Å². The second-order valence-electron chi connectivity index (χ2n) is 6.40. The summed E-state index contributed by atoms with van der Waals surface area (Å²) < 4.78 is 5.11. The molecule has 1 aromatic carbocycles. The number of aliphatic hydroxyl groups is 4. The number of aliphatic hydroxyl groups excluding tert-OH is 4. The summed E-state index contributed by atoms with van der Waals surface area (Å²) in [6, 6.07) is 3.37. The second kappa shape index (κ2) is 9.81. The maximum atomic E-state index is 12.4. The molecule has 0 radical (unpaired) electrons. The molecular formula is C20H28N2O6. The lowest BCUT2D eigenvalue weighted by Gasteiger charge is -2.18. The summed E-state index contributed by atoms with van der Waals surface area (Å²) in [6.07, 6.45) is -0.988. The number of aromatic nitrogens is 1. The number of nitrogens with one attached hydrogen (secondary N) is 2. The summed E-state index contributed by atoms with van der Waals surface area (Å²) in [5, 5.41) is 42.8. The van der Waals surface area contributed by atoms with Crippen LogP contribution in [0.2, 0.25) is 0 Å². The quantitative estimate of drug-likeness (QED) is 0.352. The molecule has 0 saturated carbocycles. The lowest BCUT2D eigenvalue weighted by Crippen LogP contribution is -2.10. The molecule has 154 valence electrons. The Morgan fingerprint density at radius 3 is 2.36 bits per heavy atom. The van der Waals surface area contributed by atoms with Crippen LogP contribution in [0.25, 0.3) is 11.1 Å². The van der Waals surface area contributed by atoms with Crippen LogP contribution < -0.4 is 5.32 Å². The van der Waals surface area contributed by atoms with Crippen LogP contribution in [0.4, 0.5) is 0 Å². The zero-order chi connectivity index (χ0) is 20.8. The number of rotatable bonds is 9. The molecule has 0 spiro atoms. The molecule has 2 aromatic rings. The molecule has 8 heteroatoms. The second-order valence-corrected chi connectivity index (χ2v) is 6.40. The number of benzene rings is 1. The lowest BCUT2D eigenvalue weighted by molar-refractivity contribution is 0.0513. The van der Waals surface area contributed by atoms with Gasteiger partial charge in [-0.1, -0.05) is 12.1 Å². The number of carbonyl (C=O) groups is 1. The minimum Gasteiger partial charge on any atom is -0.461 e. The van der Waals surface area contributed by atoms with Crippen LogP contribution in [0.5, 0.6) is 0 Å². The van der Waals surface area contributed by atoms with E-state index in [1.165, 1.54) is 0 Å². The van der Waals surface area contributed by atoms with E-state index in [9.17, 15) is 25.2 Å². The van der Waals surface area contributed by atoms with Gasteiger partial charge in [-0.15, -0.1) is 0 Å². The van der Waals surface area contributed by atoms with Gasteiger partial charge in [-0.25, -0.2) is 4.79 Å². The maximum Gasteiger partial charge on any atom is 0.355 e. The van der Waals surface area contributed by atoms with Crippen LogP contribution in [0, 0.1) is 0 Å². The SMILES string of the molecule is CCOC(=O)c1[nH]c(CNC)c(-c2ccc(CO)c(CO)c2CO)c1C(C)O. The highest BCUT2D eigenvalue weighted by Crippen LogP contribution is 2.38. The zero-order valence-electron chi connectivity index (χ0n) is 16.4. The van der Waals surface area contributed by atoms with Crippen LogP contribution in [0.1, 0.15) is 58.4 Å². The van der Waals surface area contributed by atoms with Crippen LogP contribution in [-0.4, -0.2) is 45.0 Å². The number of carbonyl (C=O) groups excluding carboxylic acids is 1. The highest BCUT2D eigenvalue weighted by Gasteiger charge is 2.28. The molecule has 0 fully saturated rings. The number of hydrogen-bond donors (Lipinski definition) is 6. The van der Waals surface area contributed by atoms with E-state index < -0.39 is 12.1 Å². The van der Waals surface area contributed by atoms with Crippen molar-refractivity contribution in [2.24, 2.45) is 0 Å². The van der Waals surface area contributed by atoms with Crippen molar-refractivity contribution in [3.63, 3.8) is 0 Å². The summed E-state index contributed by atoms with van der Waals surface area (Å²) in [7, 11) is 1.75. The molecule has 0 bridgehead atoms. The predicted molar refractivity (Wildman–Crippen MR) is 103 cm³/mol. The standard InChI is InChI=1S/C20H28N2O6/c1-4-28-20(27)19-17(11(2)26)18(16(22-19)7-21-3)13-6-5-12(8-23)14(9-24)15(13)10-25/h5-6,11,21-26H,4,7-10H2,1-3H3. The van der Waals surface area contributed by atoms with E-state index >= 15 is 0 Å². The first kappa shape index (κ1) is 22.1. The van der Waals surface area contributed by atoms with Crippen LogP contribution in [0.3, 0.4) is 0 Å². The molecule has 1 atom stereocenters. The monoisotopic (exact) mass is 392 g/mol. The Labute approximate surface area is 163 Å². The van der Waals surface area contributed by atoms with Crippen LogP contribution in [-0.2, 0) is 31.1 Å². The van der Waals surface area contributed by atoms with Gasteiger partial charge in [0.2, 0.25) is 0 Å². The smallest absolute Gasteiger partial charge is 0.355 e. The van der Waals surface area contributed by atoms with E-state index in [-0.39, 0.29) is 32.1 Å². The Morgan fingerprint density at radius 1 is 1.18 bits per heavy atom. The predicted octanol–water partition coefficient (Wildman–Crippen LogP) is 1.11. The van der Waals surface area contributed by atoms with Gasteiger partial charge >= 0.3 is 5.97 Å². The van der Waals surface area contributed by atoms with Gasteiger partial charge < -0.3 is 35.5 Å².